The monoisotopic (exact) mass is 436 g/mol. The molecule has 1 unspecified atom stereocenters. The van der Waals surface area contributed by atoms with Crippen molar-refractivity contribution in [3.8, 4) is 5.75 Å². The quantitative estimate of drug-likeness (QED) is 0.467. The van der Waals surface area contributed by atoms with E-state index in [0.29, 0.717) is 5.56 Å². The molecule has 0 aromatic heterocycles. The highest BCUT2D eigenvalue weighted by Gasteiger charge is 2.33. The predicted molar refractivity (Wildman–Crippen MR) is 124 cm³/mol. The Kier molecular flexibility index (Phi) is 4.90. The number of aromatic hydroxyl groups is 1. The van der Waals surface area contributed by atoms with Crippen LogP contribution in [0, 0.1) is 0 Å². The lowest BCUT2D eigenvalue weighted by atomic mass is 9.92. The van der Waals surface area contributed by atoms with Gasteiger partial charge in [0.25, 0.3) is 17.7 Å². The van der Waals surface area contributed by atoms with Gasteiger partial charge in [-0.1, -0.05) is 60.7 Å². The third-order valence-electron chi connectivity index (χ3n) is 6.00. The standard InChI is InChI=1S/C27H20N2O4/c1-29-26(32)20-13-11-18(15-21(20)27(29)33)25(31)28-24(17-8-3-2-4-9-17)23-19-10-6-5-7-16(19)12-14-22(23)30/h2-15,24,30H,1H3,(H,28,31). The topological polar surface area (TPSA) is 86.7 Å². The summed E-state index contributed by atoms with van der Waals surface area (Å²) < 4.78 is 0. The molecule has 6 nitrogen and oxygen atoms in total. The second kappa shape index (κ2) is 7.91. The zero-order valence-corrected chi connectivity index (χ0v) is 17.8. The fourth-order valence-electron chi connectivity index (χ4n) is 4.27. The number of benzene rings is 4. The number of rotatable bonds is 4. The van der Waals surface area contributed by atoms with Crippen molar-refractivity contribution in [3.05, 3.63) is 113 Å². The van der Waals surface area contributed by atoms with E-state index in [0.717, 1.165) is 21.2 Å². The van der Waals surface area contributed by atoms with Crippen LogP contribution in [0.15, 0.2) is 84.9 Å². The van der Waals surface area contributed by atoms with Crippen molar-refractivity contribution in [1.29, 1.82) is 0 Å². The van der Waals surface area contributed by atoms with Crippen molar-refractivity contribution in [2.45, 2.75) is 6.04 Å². The molecular formula is C27H20N2O4. The van der Waals surface area contributed by atoms with Gasteiger partial charge in [-0.15, -0.1) is 0 Å². The maximum absolute atomic E-state index is 13.3. The summed E-state index contributed by atoms with van der Waals surface area (Å²) in [5.74, 6) is -1.17. The van der Waals surface area contributed by atoms with Crippen molar-refractivity contribution in [3.63, 3.8) is 0 Å². The second-order valence-electron chi connectivity index (χ2n) is 7.97. The van der Waals surface area contributed by atoms with Gasteiger partial charge in [-0.3, -0.25) is 19.3 Å². The van der Waals surface area contributed by atoms with Crippen LogP contribution in [0.2, 0.25) is 0 Å². The Morgan fingerprint density at radius 2 is 1.55 bits per heavy atom. The number of amides is 3. The molecule has 0 saturated carbocycles. The molecule has 0 fully saturated rings. The van der Waals surface area contributed by atoms with Crippen molar-refractivity contribution in [1.82, 2.24) is 10.2 Å². The zero-order valence-electron chi connectivity index (χ0n) is 17.8. The average molecular weight is 436 g/mol. The highest BCUT2D eigenvalue weighted by Crippen LogP contribution is 2.36. The number of nitrogens with zero attached hydrogens (tertiary/aromatic N) is 1. The number of carbonyl (C=O) groups excluding carboxylic acids is 3. The van der Waals surface area contributed by atoms with Gasteiger partial charge < -0.3 is 10.4 Å². The normalized spacial score (nSPS) is 13.8. The molecule has 2 N–H and O–H groups in total. The molecule has 0 spiro atoms. The molecule has 33 heavy (non-hydrogen) atoms. The zero-order chi connectivity index (χ0) is 23.1. The summed E-state index contributed by atoms with van der Waals surface area (Å²) in [6.07, 6.45) is 0. The Balaban J connectivity index is 1.59. The molecule has 1 aliphatic rings. The number of carbonyl (C=O) groups is 3. The molecule has 6 heteroatoms. The Morgan fingerprint density at radius 1 is 0.848 bits per heavy atom. The molecule has 0 saturated heterocycles. The van der Waals surface area contributed by atoms with Gasteiger partial charge in [0, 0.05) is 18.2 Å². The Hall–Kier alpha value is -4.45. The van der Waals surface area contributed by atoms with E-state index in [9.17, 15) is 19.5 Å². The highest BCUT2D eigenvalue weighted by atomic mass is 16.3. The highest BCUT2D eigenvalue weighted by molar-refractivity contribution is 6.21. The molecule has 0 bridgehead atoms. The lowest BCUT2D eigenvalue weighted by Gasteiger charge is -2.23. The van der Waals surface area contributed by atoms with Gasteiger partial charge in [-0.2, -0.15) is 0 Å². The first kappa shape index (κ1) is 20.5. The molecule has 4 aromatic carbocycles. The van der Waals surface area contributed by atoms with E-state index >= 15 is 0 Å². The fourth-order valence-corrected chi connectivity index (χ4v) is 4.27. The second-order valence-corrected chi connectivity index (χ2v) is 7.97. The summed E-state index contributed by atoms with van der Waals surface area (Å²) in [5.41, 5.74) is 2.13. The minimum atomic E-state index is -0.641. The first-order valence-electron chi connectivity index (χ1n) is 10.5. The summed E-state index contributed by atoms with van der Waals surface area (Å²) in [6.45, 7) is 0. The van der Waals surface area contributed by atoms with Crippen molar-refractivity contribution < 1.29 is 19.5 Å². The first-order chi connectivity index (χ1) is 16.0. The first-order valence-corrected chi connectivity index (χ1v) is 10.5. The van der Waals surface area contributed by atoms with Crippen LogP contribution in [-0.2, 0) is 0 Å². The van der Waals surface area contributed by atoms with Gasteiger partial charge >= 0.3 is 0 Å². The van der Waals surface area contributed by atoms with Gasteiger partial charge in [-0.25, -0.2) is 0 Å². The number of nitrogens with one attached hydrogen (secondary N) is 1. The number of hydrogen-bond donors (Lipinski definition) is 2. The number of imide groups is 1. The van der Waals surface area contributed by atoms with E-state index < -0.39 is 17.9 Å². The molecular weight excluding hydrogens is 416 g/mol. The van der Waals surface area contributed by atoms with Crippen LogP contribution >= 0.6 is 0 Å². The van der Waals surface area contributed by atoms with E-state index in [1.54, 1.807) is 6.07 Å². The number of fused-ring (bicyclic) bond motifs is 2. The Morgan fingerprint density at radius 3 is 2.33 bits per heavy atom. The van der Waals surface area contributed by atoms with Crippen LogP contribution in [0.5, 0.6) is 5.75 Å². The summed E-state index contributed by atoms with van der Waals surface area (Å²) in [4.78, 5) is 38.9. The third-order valence-corrected chi connectivity index (χ3v) is 6.00. The minimum Gasteiger partial charge on any atom is -0.508 e. The smallest absolute Gasteiger partial charge is 0.261 e. The lowest BCUT2D eigenvalue weighted by Crippen LogP contribution is -2.29. The van der Waals surface area contributed by atoms with E-state index in [1.807, 2.05) is 60.7 Å². The van der Waals surface area contributed by atoms with Gasteiger partial charge in [0.05, 0.1) is 17.2 Å². The van der Waals surface area contributed by atoms with Crippen LogP contribution in [-0.4, -0.2) is 34.8 Å². The van der Waals surface area contributed by atoms with Crippen molar-refractivity contribution in [2.75, 3.05) is 7.05 Å². The molecule has 1 aliphatic heterocycles. The van der Waals surface area contributed by atoms with Gasteiger partial charge in [0.1, 0.15) is 5.75 Å². The molecule has 0 aliphatic carbocycles. The van der Waals surface area contributed by atoms with Crippen LogP contribution in [0.25, 0.3) is 10.8 Å². The predicted octanol–water partition coefficient (Wildman–Crippen LogP) is 4.29. The number of hydrogen-bond acceptors (Lipinski definition) is 4. The molecule has 3 amide bonds. The van der Waals surface area contributed by atoms with E-state index in [-0.39, 0.29) is 28.3 Å². The van der Waals surface area contributed by atoms with Crippen LogP contribution in [0.4, 0.5) is 0 Å². The summed E-state index contributed by atoms with van der Waals surface area (Å²) in [5, 5.41) is 15.6. The third kappa shape index (κ3) is 3.42. The minimum absolute atomic E-state index is 0.0687. The van der Waals surface area contributed by atoms with Gasteiger partial charge in [0.2, 0.25) is 0 Å². The number of phenols is 1. The summed E-state index contributed by atoms with van der Waals surface area (Å²) in [7, 11) is 1.42. The van der Waals surface area contributed by atoms with Crippen LogP contribution < -0.4 is 5.32 Å². The molecule has 1 heterocycles. The van der Waals surface area contributed by atoms with Crippen LogP contribution in [0.1, 0.15) is 48.2 Å². The molecule has 1 atom stereocenters. The van der Waals surface area contributed by atoms with E-state index in [4.69, 9.17) is 0 Å². The van der Waals surface area contributed by atoms with Crippen molar-refractivity contribution >= 4 is 28.5 Å². The average Bonchev–Trinajstić information content (AvgIpc) is 3.06. The van der Waals surface area contributed by atoms with E-state index in [1.165, 1.54) is 25.2 Å². The Labute approximate surface area is 190 Å². The SMILES string of the molecule is CN1C(=O)c2ccc(C(=O)NC(c3ccccc3)c3c(O)ccc4ccccc34)cc2C1=O. The summed E-state index contributed by atoms with van der Waals surface area (Å²) >= 11 is 0. The molecule has 5 rings (SSSR count). The maximum Gasteiger partial charge on any atom is 0.261 e. The van der Waals surface area contributed by atoms with E-state index in [2.05, 4.69) is 5.32 Å². The van der Waals surface area contributed by atoms with Crippen molar-refractivity contribution in [2.24, 2.45) is 0 Å². The largest absolute Gasteiger partial charge is 0.508 e. The lowest BCUT2D eigenvalue weighted by molar-refractivity contribution is 0.0693. The van der Waals surface area contributed by atoms with Gasteiger partial charge in [0.15, 0.2) is 0 Å². The fraction of sp³-hybridized carbons (Fsp3) is 0.0741. The number of phenolic OH excluding ortho intramolecular Hbond substituents is 1. The Bertz CT molecular complexity index is 1430. The molecule has 0 radical (unpaired) electrons. The summed E-state index contributed by atoms with van der Waals surface area (Å²) in [6, 6.07) is 24.3. The maximum atomic E-state index is 13.3. The van der Waals surface area contributed by atoms with Crippen LogP contribution in [0.3, 0.4) is 0 Å². The van der Waals surface area contributed by atoms with Gasteiger partial charge in [-0.05, 0) is 40.6 Å². The molecule has 4 aromatic rings. The molecule has 162 valence electrons.